The largest absolute Gasteiger partial charge is 0.454 e. The van der Waals surface area contributed by atoms with Crippen molar-refractivity contribution in [2.24, 2.45) is 0 Å². The van der Waals surface area contributed by atoms with E-state index in [0.29, 0.717) is 17.0 Å². The summed E-state index contributed by atoms with van der Waals surface area (Å²) in [5.41, 5.74) is 2.92. The molecule has 0 bridgehead atoms. The molecule has 3 nitrogen and oxygen atoms in total. The Kier molecular flexibility index (Phi) is 2.57. The van der Waals surface area contributed by atoms with E-state index in [-0.39, 0.29) is 12.6 Å². The highest BCUT2D eigenvalue weighted by Crippen LogP contribution is 2.37. The summed E-state index contributed by atoms with van der Waals surface area (Å²) in [6.45, 7) is 2.21. The third-order valence-corrected chi connectivity index (χ3v) is 3.66. The Bertz CT molecular complexity index is 861. The number of aryl methyl sites for hydroxylation is 1. The molecule has 104 valence electrons. The molecular formula is C17H12FNO2. The lowest BCUT2D eigenvalue weighted by molar-refractivity contribution is 0.174. The first-order valence-electron chi connectivity index (χ1n) is 6.68. The molecule has 4 heteroatoms. The van der Waals surface area contributed by atoms with Crippen LogP contribution in [0, 0.1) is 12.7 Å². The third-order valence-electron chi connectivity index (χ3n) is 3.66. The fourth-order valence-electron chi connectivity index (χ4n) is 2.59. The average molecular weight is 281 g/mol. The molecule has 4 rings (SSSR count). The molecule has 0 amide bonds. The molecule has 0 N–H and O–H groups in total. The van der Waals surface area contributed by atoms with E-state index in [9.17, 15) is 4.39 Å². The summed E-state index contributed by atoms with van der Waals surface area (Å²) >= 11 is 0. The molecule has 2 heterocycles. The van der Waals surface area contributed by atoms with Gasteiger partial charge in [0.15, 0.2) is 11.5 Å². The third kappa shape index (κ3) is 1.91. The van der Waals surface area contributed by atoms with Gasteiger partial charge < -0.3 is 9.47 Å². The number of fused-ring (bicyclic) bond motifs is 2. The van der Waals surface area contributed by atoms with Crippen LogP contribution in [-0.2, 0) is 0 Å². The summed E-state index contributed by atoms with van der Waals surface area (Å²) in [5, 5.41) is 0.985. The fraction of sp³-hybridized carbons (Fsp3) is 0.118. The fourth-order valence-corrected chi connectivity index (χ4v) is 2.59. The van der Waals surface area contributed by atoms with Crippen LogP contribution in [0.15, 0.2) is 42.5 Å². The van der Waals surface area contributed by atoms with Crippen LogP contribution < -0.4 is 9.47 Å². The molecule has 1 aromatic heterocycles. The van der Waals surface area contributed by atoms with Crippen LogP contribution >= 0.6 is 0 Å². The molecule has 0 unspecified atom stereocenters. The van der Waals surface area contributed by atoms with Gasteiger partial charge in [0.25, 0.3) is 0 Å². The smallest absolute Gasteiger partial charge is 0.231 e. The minimum absolute atomic E-state index is 0.227. The van der Waals surface area contributed by atoms with Crippen LogP contribution in [0.25, 0.3) is 22.2 Å². The van der Waals surface area contributed by atoms with Gasteiger partial charge in [0.1, 0.15) is 5.82 Å². The zero-order valence-corrected chi connectivity index (χ0v) is 11.4. The Balaban J connectivity index is 1.97. The summed E-state index contributed by atoms with van der Waals surface area (Å²) in [7, 11) is 0. The number of hydrogen-bond donors (Lipinski definition) is 0. The topological polar surface area (TPSA) is 31.4 Å². The number of halogens is 1. The molecule has 0 saturated heterocycles. The maximum absolute atomic E-state index is 13.9. The van der Waals surface area contributed by atoms with Gasteiger partial charge in [-0.1, -0.05) is 12.1 Å². The normalized spacial score (nSPS) is 12.9. The van der Waals surface area contributed by atoms with Crippen molar-refractivity contribution in [2.75, 3.05) is 6.79 Å². The molecule has 0 saturated carbocycles. The van der Waals surface area contributed by atoms with E-state index in [1.807, 2.05) is 25.1 Å². The molecule has 1 aliphatic heterocycles. The summed E-state index contributed by atoms with van der Waals surface area (Å²) in [6, 6.07) is 12.3. The number of rotatable bonds is 1. The van der Waals surface area contributed by atoms with Crippen molar-refractivity contribution in [3.8, 4) is 22.8 Å². The van der Waals surface area contributed by atoms with E-state index < -0.39 is 0 Å². The molecule has 0 spiro atoms. The van der Waals surface area contributed by atoms with Gasteiger partial charge in [-0.15, -0.1) is 0 Å². The zero-order chi connectivity index (χ0) is 14.4. The van der Waals surface area contributed by atoms with Gasteiger partial charge in [0, 0.05) is 17.0 Å². The van der Waals surface area contributed by atoms with Gasteiger partial charge in [-0.25, -0.2) is 9.37 Å². The number of pyridine rings is 1. The summed E-state index contributed by atoms with van der Waals surface area (Å²) in [5.74, 6) is 1.13. The minimum atomic E-state index is -0.274. The average Bonchev–Trinajstić information content (AvgIpc) is 2.93. The maximum atomic E-state index is 13.9. The Morgan fingerprint density at radius 3 is 2.62 bits per heavy atom. The van der Waals surface area contributed by atoms with Gasteiger partial charge in [0.2, 0.25) is 6.79 Å². The van der Waals surface area contributed by atoms with Gasteiger partial charge in [0.05, 0.1) is 11.2 Å². The van der Waals surface area contributed by atoms with E-state index in [2.05, 4.69) is 4.98 Å². The second-order valence-electron chi connectivity index (χ2n) is 5.03. The quantitative estimate of drug-likeness (QED) is 0.673. The first-order chi connectivity index (χ1) is 10.2. The van der Waals surface area contributed by atoms with Crippen LogP contribution in [0.1, 0.15) is 5.56 Å². The number of aromatic nitrogens is 1. The van der Waals surface area contributed by atoms with Crippen LogP contribution in [0.5, 0.6) is 11.5 Å². The first kappa shape index (κ1) is 12.1. The zero-order valence-electron chi connectivity index (χ0n) is 11.4. The molecule has 0 atom stereocenters. The van der Waals surface area contributed by atoms with E-state index in [1.54, 1.807) is 18.2 Å². The van der Waals surface area contributed by atoms with Gasteiger partial charge in [-0.2, -0.15) is 0 Å². The predicted molar refractivity (Wildman–Crippen MR) is 78.0 cm³/mol. The highest BCUT2D eigenvalue weighted by molar-refractivity contribution is 5.88. The summed E-state index contributed by atoms with van der Waals surface area (Å²) in [6.07, 6.45) is 0. The van der Waals surface area contributed by atoms with Crippen molar-refractivity contribution < 1.29 is 13.9 Å². The Morgan fingerprint density at radius 1 is 1.05 bits per heavy atom. The molecule has 0 aliphatic carbocycles. The van der Waals surface area contributed by atoms with Crippen molar-refractivity contribution in [3.05, 3.63) is 53.8 Å². The Hall–Kier alpha value is -2.62. The molecule has 3 aromatic rings. The van der Waals surface area contributed by atoms with Crippen molar-refractivity contribution in [2.45, 2.75) is 6.92 Å². The van der Waals surface area contributed by atoms with E-state index in [1.165, 1.54) is 6.07 Å². The molecule has 0 fully saturated rings. The molecule has 0 radical (unpaired) electrons. The second kappa shape index (κ2) is 4.45. The van der Waals surface area contributed by atoms with E-state index >= 15 is 0 Å². The van der Waals surface area contributed by atoms with Crippen LogP contribution in [0.2, 0.25) is 0 Å². The van der Waals surface area contributed by atoms with Crippen molar-refractivity contribution >= 4 is 10.9 Å². The Morgan fingerprint density at radius 2 is 1.81 bits per heavy atom. The standard InChI is InChI=1S/C17H12FNO2/c1-10-6-14(11-4-2-3-5-13(11)18)19-15-8-17-16(7-12(10)15)20-9-21-17/h2-8H,9H2,1H3. The van der Waals surface area contributed by atoms with Crippen LogP contribution in [-0.4, -0.2) is 11.8 Å². The predicted octanol–water partition coefficient (Wildman–Crippen LogP) is 4.08. The molecule has 21 heavy (non-hydrogen) atoms. The van der Waals surface area contributed by atoms with Crippen molar-refractivity contribution in [3.63, 3.8) is 0 Å². The second-order valence-corrected chi connectivity index (χ2v) is 5.03. The molecule has 1 aliphatic rings. The highest BCUT2D eigenvalue weighted by Gasteiger charge is 2.17. The number of benzene rings is 2. The lowest BCUT2D eigenvalue weighted by atomic mass is 10.0. The maximum Gasteiger partial charge on any atom is 0.231 e. The molecule has 2 aromatic carbocycles. The van der Waals surface area contributed by atoms with Crippen LogP contribution in [0.4, 0.5) is 4.39 Å². The number of hydrogen-bond acceptors (Lipinski definition) is 3. The van der Waals surface area contributed by atoms with Gasteiger partial charge in [-0.3, -0.25) is 0 Å². The van der Waals surface area contributed by atoms with Gasteiger partial charge >= 0.3 is 0 Å². The number of ether oxygens (including phenoxy) is 2. The van der Waals surface area contributed by atoms with Crippen molar-refractivity contribution in [1.29, 1.82) is 0 Å². The minimum Gasteiger partial charge on any atom is -0.454 e. The number of nitrogens with zero attached hydrogens (tertiary/aromatic N) is 1. The SMILES string of the molecule is Cc1cc(-c2ccccc2F)nc2cc3c(cc12)OCO3. The lowest BCUT2D eigenvalue weighted by Gasteiger charge is -2.08. The van der Waals surface area contributed by atoms with E-state index in [0.717, 1.165) is 22.2 Å². The lowest BCUT2D eigenvalue weighted by Crippen LogP contribution is -1.92. The monoisotopic (exact) mass is 281 g/mol. The summed E-state index contributed by atoms with van der Waals surface area (Å²) < 4.78 is 24.7. The van der Waals surface area contributed by atoms with E-state index in [4.69, 9.17) is 9.47 Å². The summed E-state index contributed by atoms with van der Waals surface area (Å²) in [4.78, 5) is 4.57. The molecular weight excluding hydrogens is 269 g/mol. The van der Waals surface area contributed by atoms with Crippen molar-refractivity contribution in [1.82, 2.24) is 4.98 Å². The highest BCUT2D eigenvalue weighted by atomic mass is 19.1. The Labute approximate surface area is 121 Å². The van der Waals surface area contributed by atoms with Crippen LogP contribution in [0.3, 0.4) is 0 Å². The first-order valence-corrected chi connectivity index (χ1v) is 6.68. The van der Waals surface area contributed by atoms with Gasteiger partial charge in [-0.05, 0) is 36.8 Å².